The fraction of sp³-hybridized carbons (Fsp3) is 0.286. The number of urea groups is 2. The zero-order valence-electron chi connectivity index (χ0n) is 11.2. The molecule has 110 valence electrons. The van der Waals surface area contributed by atoms with Gasteiger partial charge >= 0.3 is 12.1 Å². The first-order valence-electron chi connectivity index (χ1n) is 6.64. The Labute approximate surface area is 125 Å². The van der Waals surface area contributed by atoms with Crippen molar-refractivity contribution in [2.75, 3.05) is 19.6 Å². The number of thiophene rings is 1. The number of furan rings is 1. The van der Waals surface area contributed by atoms with Crippen molar-refractivity contribution in [2.45, 2.75) is 5.92 Å². The molecule has 0 bridgehead atoms. The second-order valence-corrected chi connectivity index (χ2v) is 5.47. The summed E-state index contributed by atoms with van der Waals surface area (Å²) in [6.07, 6.45) is 1.62. The van der Waals surface area contributed by atoms with Gasteiger partial charge in [0.15, 0.2) is 0 Å². The van der Waals surface area contributed by atoms with Gasteiger partial charge in [-0.3, -0.25) is 0 Å². The van der Waals surface area contributed by atoms with Crippen LogP contribution >= 0.6 is 11.3 Å². The molecule has 0 aliphatic carbocycles. The van der Waals surface area contributed by atoms with Gasteiger partial charge in [0.25, 0.3) is 0 Å². The number of imide groups is 1. The highest BCUT2D eigenvalue weighted by Gasteiger charge is 2.27. The van der Waals surface area contributed by atoms with E-state index >= 15 is 0 Å². The number of rotatable bonds is 4. The SMILES string of the molecule is O=C1NCCN1C(=O)NCC(c1ccsc1)c1ccco1. The Morgan fingerprint density at radius 3 is 3.05 bits per heavy atom. The number of carbonyl (C=O) groups excluding carboxylic acids is 2. The molecule has 0 aromatic carbocycles. The van der Waals surface area contributed by atoms with E-state index in [1.165, 1.54) is 4.90 Å². The van der Waals surface area contributed by atoms with Gasteiger partial charge in [-0.25, -0.2) is 14.5 Å². The maximum atomic E-state index is 12.0. The second kappa shape index (κ2) is 6.01. The van der Waals surface area contributed by atoms with Crippen LogP contribution in [0.3, 0.4) is 0 Å². The van der Waals surface area contributed by atoms with Crippen molar-refractivity contribution in [2.24, 2.45) is 0 Å². The number of carbonyl (C=O) groups is 2. The lowest BCUT2D eigenvalue weighted by Crippen LogP contribution is -2.43. The number of nitrogens with zero attached hydrogens (tertiary/aromatic N) is 1. The highest BCUT2D eigenvalue weighted by molar-refractivity contribution is 7.08. The molecular formula is C14H15N3O3S. The Bertz CT molecular complexity index is 575. The molecule has 1 saturated heterocycles. The zero-order chi connectivity index (χ0) is 14.7. The summed E-state index contributed by atoms with van der Waals surface area (Å²) in [6, 6.07) is 4.99. The van der Waals surface area contributed by atoms with E-state index in [0.29, 0.717) is 19.6 Å². The van der Waals surface area contributed by atoms with Crippen molar-refractivity contribution in [1.29, 1.82) is 0 Å². The largest absolute Gasteiger partial charge is 0.469 e. The maximum Gasteiger partial charge on any atom is 0.325 e. The minimum atomic E-state index is -0.378. The van der Waals surface area contributed by atoms with Crippen LogP contribution in [0.15, 0.2) is 39.6 Å². The fourth-order valence-electron chi connectivity index (χ4n) is 2.30. The lowest BCUT2D eigenvalue weighted by Gasteiger charge is -2.17. The van der Waals surface area contributed by atoms with E-state index in [1.54, 1.807) is 17.6 Å². The summed E-state index contributed by atoms with van der Waals surface area (Å²) in [5, 5.41) is 9.42. The lowest BCUT2D eigenvalue weighted by molar-refractivity contribution is 0.198. The minimum Gasteiger partial charge on any atom is -0.469 e. The number of hydrogen-bond donors (Lipinski definition) is 2. The van der Waals surface area contributed by atoms with E-state index in [2.05, 4.69) is 10.6 Å². The highest BCUT2D eigenvalue weighted by atomic mass is 32.1. The third kappa shape index (κ3) is 2.92. The molecule has 0 radical (unpaired) electrons. The molecule has 3 heterocycles. The molecule has 4 amide bonds. The standard InChI is InChI=1S/C14H15N3O3S/c18-13-15-4-5-17(13)14(19)16-8-11(10-3-7-21-9-10)12-2-1-6-20-12/h1-3,6-7,9,11H,4-5,8H2,(H,15,18)(H,16,19). The van der Waals surface area contributed by atoms with Crippen LogP contribution in [-0.2, 0) is 0 Å². The summed E-state index contributed by atoms with van der Waals surface area (Å²) < 4.78 is 5.46. The third-order valence-corrected chi connectivity index (χ3v) is 4.09. The Morgan fingerprint density at radius 2 is 2.43 bits per heavy atom. The van der Waals surface area contributed by atoms with Gasteiger partial charge in [-0.2, -0.15) is 11.3 Å². The summed E-state index contributed by atoms with van der Waals surface area (Å²) in [6.45, 7) is 1.28. The van der Waals surface area contributed by atoms with Gasteiger partial charge in [0.05, 0.1) is 12.2 Å². The zero-order valence-corrected chi connectivity index (χ0v) is 12.1. The summed E-state index contributed by atoms with van der Waals surface area (Å²) in [7, 11) is 0. The van der Waals surface area contributed by atoms with E-state index in [9.17, 15) is 9.59 Å². The second-order valence-electron chi connectivity index (χ2n) is 4.69. The van der Waals surface area contributed by atoms with Gasteiger partial charge in [-0.05, 0) is 34.5 Å². The van der Waals surface area contributed by atoms with Crippen LogP contribution in [-0.4, -0.2) is 36.6 Å². The normalized spacial score (nSPS) is 15.8. The van der Waals surface area contributed by atoms with E-state index in [1.807, 2.05) is 29.0 Å². The monoisotopic (exact) mass is 305 g/mol. The molecule has 1 aliphatic rings. The average Bonchev–Trinajstić information content (AvgIpc) is 3.21. The van der Waals surface area contributed by atoms with Gasteiger partial charge in [-0.1, -0.05) is 0 Å². The summed E-state index contributed by atoms with van der Waals surface area (Å²) in [5.41, 5.74) is 1.08. The van der Waals surface area contributed by atoms with Crippen LogP contribution in [0.25, 0.3) is 0 Å². The molecule has 7 heteroatoms. The number of hydrogen-bond acceptors (Lipinski definition) is 4. The maximum absolute atomic E-state index is 12.0. The molecular weight excluding hydrogens is 290 g/mol. The van der Waals surface area contributed by atoms with Crippen molar-refractivity contribution >= 4 is 23.4 Å². The molecule has 1 fully saturated rings. The Balaban J connectivity index is 1.68. The summed E-state index contributed by atoms with van der Waals surface area (Å²) >= 11 is 1.60. The van der Waals surface area contributed by atoms with Crippen LogP contribution in [0.4, 0.5) is 9.59 Å². The van der Waals surface area contributed by atoms with Gasteiger partial charge in [0.2, 0.25) is 0 Å². The third-order valence-electron chi connectivity index (χ3n) is 3.39. The summed E-state index contributed by atoms with van der Waals surface area (Å²) in [4.78, 5) is 24.7. The average molecular weight is 305 g/mol. The fourth-order valence-corrected chi connectivity index (χ4v) is 3.01. The smallest absolute Gasteiger partial charge is 0.325 e. The van der Waals surface area contributed by atoms with E-state index < -0.39 is 0 Å². The molecule has 1 unspecified atom stereocenters. The Kier molecular flexibility index (Phi) is 3.92. The lowest BCUT2D eigenvalue weighted by atomic mass is 9.99. The number of nitrogens with one attached hydrogen (secondary N) is 2. The molecule has 0 saturated carbocycles. The molecule has 2 aromatic rings. The quantitative estimate of drug-likeness (QED) is 0.909. The van der Waals surface area contributed by atoms with Crippen molar-refractivity contribution in [3.05, 3.63) is 46.5 Å². The highest BCUT2D eigenvalue weighted by Crippen LogP contribution is 2.26. The van der Waals surface area contributed by atoms with E-state index in [0.717, 1.165) is 11.3 Å². The first-order valence-corrected chi connectivity index (χ1v) is 7.58. The topological polar surface area (TPSA) is 74.6 Å². The molecule has 1 atom stereocenters. The predicted octanol–water partition coefficient (Wildman–Crippen LogP) is 2.21. The van der Waals surface area contributed by atoms with Crippen LogP contribution in [0.1, 0.15) is 17.2 Å². The van der Waals surface area contributed by atoms with Crippen molar-refractivity contribution in [3.63, 3.8) is 0 Å². The Morgan fingerprint density at radius 1 is 1.52 bits per heavy atom. The first-order chi connectivity index (χ1) is 10.3. The van der Waals surface area contributed by atoms with E-state index in [-0.39, 0.29) is 18.0 Å². The van der Waals surface area contributed by atoms with Crippen LogP contribution in [0.5, 0.6) is 0 Å². The van der Waals surface area contributed by atoms with Gasteiger partial charge < -0.3 is 15.1 Å². The first kappa shape index (κ1) is 13.7. The minimum absolute atomic E-state index is 0.0548. The van der Waals surface area contributed by atoms with Crippen LogP contribution < -0.4 is 10.6 Å². The summed E-state index contributed by atoms with van der Waals surface area (Å²) in [5.74, 6) is 0.737. The molecule has 2 aromatic heterocycles. The van der Waals surface area contributed by atoms with Crippen molar-refractivity contribution < 1.29 is 14.0 Å². The molecule has 21 heavy (non-hydrogen) atoms. The van der Waals surface area contributed by atoms with Crippen LogP contribution in [0.2, 0.25) is 0 Å². The van der Waals surface area contributed by atoms with Gasteiger partial charge in [-0.15, -0.1) is 0 Å². The van der Waals surface area contributed by atoms with Crippen molar-refractivity contribution in [1.82, 2.24) is 15.5 Å². The Hall–Kier alpha value is -2.28. The van der Waals surface area contributed by atoms with Crippen molar-refractivity contribution in [3.8, 4) is 0 Å². The van der Waals surface area contributed by atoms with Gasteiger partial charge in [0, 0.05) is 19.6 Å². The molecule has 3 rings (SSSR count). The van der Waals surface area contributed by atoms with Gasteiger partial charge in [0.1, 0.15) is 5.76 Å². The molecule has 1 aliphatic heterocycles. The molecule has 2 N–H and O–H groups in total. The van der Waals surface area contributed by atoms with E-state index in [4.69, 9.17) is 4.42 Å². The molecule has 0 spiro atoms. The predicted molar refractivity (Wildman–Crippen MR) is 78.4 cm³/mol. The molecule has 6 nitrogen and oxygen atoms in total. The number of amides is 4. The van der Waals surface area contributed by atoms with Crippen LogP contribution in [0, 0.1) is 0 Å².